The van der Waals surface area contributed by atoms with E-state index in [1.165, 1.54) is 30.9 Å². The molecule has 3 saturated carbocycles. The van der Waals surface area contributed by atoms with Crippen molar-refractivity contribution in [1.29, 1.82) is 0 Å². The minimum absolute atomic E-state index is 0.0136. The zero-order chi connectivity index (χ0) is 25.7. The van der Waals surface area contributed by atoms with Crippen LogP contribution in [0.4, 0.5) is 8.78 Å². The van der Waals surface area contributed by atoms with Crippen LogP contribution in [0, 0.1) is 11.2 Å². The van der Waals surface area contributed by atoms with Gasteiger partial charge in [-0.3, -0.25) is 9.59 Å². The van der Waals surface area contributed by atoms with Gasteiger partial charge in [-0.25, -0.2) is 18.7 Å². The molecule has 2 aromatic rings. The van der Waals surface area contributed by atoms with E-state index in [0.717, 1.165) is 0 Å². The van der Waals surface area contributed by atoms with E-state index in [4.69, 9.17) is 23.2 Å². The van der Waals surface area contributed by atoms with Crippen LogP contribution in [0.15, 0.2) is 30.9 Å². The molecule has 0 unspecified atom stereocenters. The smallest absolute Gasteiger partial charge is 0.254 e. The maximum absolute atomic E-state index is 15.2. The molecular weight excluding hydrogens is 513 g/mol. The first-order valence-electron chi connectivity index (χ1n) is 12.0. The Kier molecular flexibility index (Phi) is 6.68. The molecule has 1 aromatic heterocycles. The number of carbonyl (C=O) groups excluding carboxylic acids is 2. The Hall–Kier alpha value is -2.36. The average molecular weight is 539 g/mol. The van der Waals surface area contributed by atoms with E-state index in [2.05, 4.69) is 20.6 Å². The van der Waals surface area contributed by atoms with Gasteiger partial charge in [0, 0.05) is 24.0 Å². The minimum atomic E-state index is -1.36. The molecule has 7 nitrogen and oxygen atoms in total. The molecule has 1 heterocycles. The van der Waals surface area contributed by atoms with Gasteiger partial charge in [-0.15, -0.1) is 0 Å². The van der Waals surface area contributed by atoms with Crippen molar-refractivity contribution in [3.05, 3.63) is 57.8 Å². The Morgan fingerprint density at radius 1 is 1.08 bits per heavy atom. The molecule has 3 N–H and O–H groups in total. The van der Waals surface area contributed by atoms with Crippen molar-refractivity contribution >= 4 is 35.0 Å². The van der Waals surface area contributed by atoms with Gasteiger partial charge in [-0.2, -0.15) is 0 Å². The van der Waals surface area contributed by atoms with Crippen molar-refractivity contribution in [3.63, 3.8) is 0 Å². The summed E-state index contributed by atoms with van der Waals surface area (Å²) in [4.78, 5) is 33.9. The van der Waals surface area contributed by atoms with Gasteiger partial charge >= 0.3 is 0 Å². The van der Waals surface area contributed by atoms with Crippen LogP contribution in [0.3, 0.4) is 0 Å². The highest BCUT2D eigenvalue weighted by molar-refractivity contribution is 6.42. The molecule has 1 aromatic carbocycles. The number of carbonyl (C=O) groups is 2. The summed E-state index contributed by atoms with van der Waals surface area (Å²) in [6.07, 6.45) is 5.27. The number of hydrogen-bond acceptors (Lipinski definition) is 5. The van der Waals surface area contributed by atoms with Gasteiger partial charge in [0.05, 0.1) is 33.7 Å². The number of benzene rings is 1. The number of fused-ring (bicyclic) bond motifs is 2. The molecule has 0 radical (unpaired) electrons. The summed E-state index contributed by atoms with van der Waals surface area (Å²) in [6, 6.07) is 1.41. The predicted octanol–water partition coefficient (Wildman–Crippen LogP) is 4.12. The molecule has 3 aliphatic carbocycles. The van der Waals surface area contributed by atoms with Gasteiger partial charge in [0.2, 0.25) is 5.91 Å². The van der Waals surface area contributed by atoms with Gasteiger partial charge in [0.15, 0.2) is 0 Å². The van der Waals surface area contributed by atoms with Crippen molar-refractivity contribution in [2.24, 2.45) is 5.41 Å². The molecule has 3 aliphatic rings. The number of nitrogens with one attached hydrogen (secondary N) is 2. The first-order chi connectivity index (χ1) is 17.1. The molecular formula is C25H26Cl2F2N4O3. The summed E-state index contributed by atoms with van der Waals surface area (Å²) in [5.74, 6) is -2.61. The second-order valence-corrected chi connectivity index (χ2v) is 11.1. The molecule has 11 heteroatoms. The second kappa shape index (κ2) is 9.50. The lowest BCUT2D eigenvalue weighted by atomic mass is 9.69. The summed E-state index contributed by atoms with van der Waals surface area (Å²) in [5, 5.41) is 16.3. The van der Waals surface area contributed by atoms with Crippen LogP contribution >= 0.6 is 23.2 Å². The van der Waals surface area contributed by atoms with Gasteiger partial charge in [-0.1, -0.05) is 23.2 Å². The molecule has 0 aliphatic heterocycles. The fourth-order valence-corrected chi connectivity index (χ4v) is 6.76. The lowest BCUT2D eigenvalue weighted by molar-refractivity contribution is -0.126. The highest BCUT2D eigenvalue weighted by Crippen LogP contribution is 2.64. The molecule has 5 rings (SSSR count). The van der Waals surface area contributed by atoms with Crippen LogP contribution in [0.25, 0.3) is 0 Å². The summed E-state index contributed by atoms with van der Waals surface area (Å²) >= 11 is 12.6. The Bertz CT molecular complexity index is 1180. The number of amides is 2. The van der Waals surface area contributed by atoms with E-state index in [-0.39, 0.29) is 40.4 Å². The Morgan fingerprint density at radius 2 is 1.78 bits per heavy atom. The Balaban J connectivity index is 1.36. The number of aromatic nitrogens is 2. The maximum atomic E-state index is 15.2. The highest BCUT2D eigenvalue weighted by atomic mass is 35.5. The van der Waals surface area contributed by atoms with E-state index in [9.17, 15) is 14.7 Å². The second-order valence-electron chi connectivity index (χ2n) is 10.3. The minimum Gasteiger partial charge on any atom is -0.391 e. The molecule has 36 heavy (non-hydrogen) atoms. The van der Waals surface area contributed by atoms with Gasteiger partial charge in [0.1, 0.15) is 17.8 Å². The third-order valence-electron chi connectivity index (χ3n) is 8.07. The number of nitrogens with zero attached hydrogens (tertiary/aromatic N) is 2. The number of hydrogen-bond donors (Lipinski definition) is 3. The van der Waals surface area contributed by atoms with Crippen molar-refractivity contribution < 1.29 is 23.5 Å². The molecule has 0 saturated heterocycles. The molecule has 192 valence electrons. The van der Waals surface area contributed by atoms with Crippen LogP contribution in [0.2, 0.25) is 10.0 Å². The largest absolute Gasteiger partial charge is 0.391 e. The van der Waals surface area contributed by atoms with Gasteiger partial charge in [-0.05, 0) is 62.5 Å². The molecule has 2 bridgehead atoms. The Labute approximate surface area is 217 Å². The van der Waals surface area contributed by atoms with Gasteiger partial charge < -0.3 is 15.7 Å². The number of rotatable bonds is 6. The molecule has 4 atom stereocenters. The fourth-order valence-electron chi connectivity index (χ4n) is 6.34. The average Bonchev–Trinajstić information content (AvgIpc) is 3.49. The zero-order valence-electron chi connectivity index (χ0n) is 19.3. The number of aliphatic hydroxyl groups excluding tert-OH is 1. The number of aliphatic hydroxyl groups is 1. The third-order valence-corrected chi connectivity index (χ3v) is 8.89. The molecule has 3 fully saturated rings. The topological polar surface area (TPSA) is 104 Å². The lowest BCUT2D eigenvalue weighted by Gasteiger charge is -2.36. The third kappa shape index (κ3) is 4.57. The van der Waals surface area contributed by atoms with Crippen molar-refractivity contribution in [3.8, 4) is 0 Å². The summed E-state index contributed by atoms with van der Waals surface area (Å²) in [6.45, 7) is 0. The van der Waals surface area contributed by atoms with E-state index in [1.54, 1.807) is 0 Å². The molecule has 0 spiro atoms. The summed E-state index contributed by atoms with van der Waals surface area (Å²) in [5.41, 5.74) is -1.90. The van der Waals surface area contributed by atoms with E-state index < -0.39 is 52.8 Å². The van der Waals surface area contributed by atoms with Gasteiger partial charge in [0.25, 0.3) is 5.91 Å². The Morgan fingerprint density at radius 3 is 2.42 bits per heavy atom. The van der Waals surface area contributed by atoms with E-state index >= 15 is 8.78 Å². The normalized spacial score (nSPS) is 31.9. The quantitative estimate of drug-likeness (QED) is 0.480. The van der Waals surface area contributed by atoms with Crippen molar-refractivity contribution in [2.45, 2.75) is 74.7 Å². The summed E-state index contributed by atoms with van der Waals surface area (Å²) < 4.78 is 30.3. The predicted molar refractivity (Wildman–Crippen MR) is 129 cm³/mol. The fraction of sp³-hybridized carbons (Fsp3) is 0.520. The monoisotopic (exact) mass is 538 g/mol. The van der Waals surface area contributed by atoms with Crippen LogP contribution in [0.1, 0.15) is 66.8 Å². The van der Waals surface area contributed by atoms with Crippen LogP contribution in [-0.4, -0.2) is 50.7 Å². The van der Waals surface area contributed by atoms with Crippen molar-refractivity contribution in [2.75, 3.05) is 0 Å². The first-order valence-corrected chi connectivity index (χ1v) is 12.7. The van der Waals surface area contributed by atoms with Crippen LogP contribution in [0.5, 0.6) is 0 Å². The van der Waals surface area contributed by atoms with Crippen LogP contribution in [-0.2, 0) is 4.79 Å². The van der Waals surface area contributed by atoms with E-state index in [0.29, 0.717) is 25.7 Å². The van der Waals surface area contributed by atoms with E-state index in [1.807, 2.05) is 0 Å². The summed E-state index contributed by atoms with van der Waals surface area (Å²) in [7, 11) is 0. The standard InChI is InChI=1S/C25H26Cl2F2N4O3/c26-15-1-2-16(28)19(21(15)27)20(24-3-5-25(29,11-24)6-4-24)23(36)32-14-7-17(18(34)8-14)33-22(35)13-9-30-12-31-10-13/h1-2,9-10,12,14,17-18,20,34H,3-8,11H2,(H,32,36)(H,33,35)/t14-,17+,18-,20+,24?,25?/m1/s1. The number of alkyl halides is 1. The maximum Gasteiger partial charge on any atom is 0.254 e. The van der Waals surface area contributed by atoms with Crippen molar-refractivity contribution in [1.82, 2.24) is 20.6 Å². The number of halogens is 4. The highest BCUT2D eigenvalue weighted by Gasteiger charge is 2.60. The SMILES string of the molecule is O=C(N[C@H]1C[C@@H](NC(=O)[C@H](c2c(F)ccc(Cl)c2Cl)C23CCC(F)(CC2)C3)C[C@H]1O)c1cncnc1. The first kappa shape index (κ1) is 25.3. The lowest BCUT2D eigenvalue weighted by Crippen LogP contribution is -2.44. The zero-order valence-corrected chi connectivity index (χ0v) is 20.8. The van der Waals surface area contributed by atoms with Crippen LogP contribution < -0.4 is 10.6 Å². The molecule has 2 amide bonds.